The molecule has 0 bridgehead atoms. The van der Waals surface area contributed by atoms with Crippen molar-refractivity contribution in [3.63, 3.8) is 0 Å². The smallest absolute Gasteiger partial charge is 0.0945 e. The molecule has 4 heteroatoms. The molecule has 0 spiro atoms. The van der Waals surface area contributed by atoms with Crippen molar-refractivity contribution < 1.29 is 0 Å². The number of nitrogens with one attached hydrogen (secondary N) is 1. The first-order chi connectivity index (χ1) is 9.25. The lowest BCUT2D eigenvalue weighted by molar-refractivity contribution is 0.567. The first-order valence-electron chi connectivity index (χ1n) is 6.67. The zero-order chi connectivity index (χ0) is 13.5. The van der Waals surface area contributed by atoms with E-state index in [1.54, 1.807) is 0 Å². The molecule has 0 unspecified atom stereocenters. The van der Waals surface area contributed by atoms with Gasteiger partial charge in [0.15, 0.2) is 0 Å². The zero-order valence-corrected chi connectivity index (χ0v) is 12.0. The molecule has 0 aliphatic rings. The van der Waals surface area contributed by atoms with Gasteiger partial charge in [-0.1, -0.05) is 17.7 Å². The summed E-state index contributed by atoms with van der Waals surface area (Å²) in [5.41, 5.74) is 2.57. The number of benzene rings is 1. The number of hydrogen-bond donors (Lipinski definition) is 1. The van der Waals surface area contributed by atoms with Crippen LogP contribution in [0.15, 0.2) is 36.9 Å². The molecule has 1 aromatic heterocycles. The predicted octanol–water partition coefficient (Wildman–Crippen LogP) is 3.41. The average Bonchev–Trinajstić information content (AvgIpc) is 2.89. The van der Waals surface area contributed by atoms with Crippen LogP contribution in [0.3, 0.4) is 0 Å². The van der Waals surface area contributed by atoms with Crippen LogP contribution < -0.4 is 5.32 Å². The molecular formula is C15H20ClN3. The van der Waals surface area contributed by atoms with Crippen LogP contribution in [0, 0.1) is 6.92 Å². The van der Waals surface area contributed by atoms with E-state index in [-0.39, 0.29) is 0 Å². The highest BCUT2D eigenvalue weighted by atomic mass is 35.5. The third kappa shape index (κ3) is 4.69. The van der Waals surface area contributed by atoms with Crippen molar-refractivity contribution in [2.75, 3.05) is 6.54 Å². The minimum atomic E-state index is 0.807. The summed E-state index contributed by atoms with van der Waals surface area (Å²) in [5, 5.41) is 4.28. The topological polar surface area (TPSA) is 29.9 Å². The Morgan fingerprint density at radius 1 is 1.32 bits per heavy atom. The fourth-order valence-electron chi connectivity index (χ4n) is 2.04. The fraction of sp³-hybridized carbons (Fsp3) is 0.400. The maximum atomic E-state index is 5.94. The van der Waals surface area contributed by atoms with Crippen LogP contribution in [0.1, 0.15) is 24.0 Å². The lowest BCUT2D eigenvalue weighted by Gasteiger charge is -2.08. The van der Waals surface area contributed by atoms with Crippen LogP contribution in [0.5, 0.6) is 0 Å². The first kappa shape index (κ1) is 14.1. The van der Waals surface area contributed by atoms with E-state index in [4.69, 9.17) is 11.6 Å². The molecule has 1 N–H and O–H groups in total. The first-order valence-corrected chi connectivity index (χ1v) is 7.05. The molecule has 0 saturated carbocycles. The molecular weight excluding hydrogens is 258 g/mol. The molecule has 102 valence electrons. The Morgan fingerprint density at radius 3 is 2.95 bits per heavy atom. The SMILES string of the molecule is Cc1cc(Cl)ccc1CNCCCCn1ccnc1. The number of aryl methyl sites for hydroxylation is 2. The normalized spacial score (nSPS) is 10.8. The molecule has 2 aromatic rings. The molecule has 0 aliphatic heterocycles. The molecule has 0 fully saturated rings. The van der Waals surface area contributed by atoms with E-state index in [0.717, 1.165) is 24.7 Å². The van der Waals surface area contributed by atoms with Crippen molar-refractivity contribution in [3.05, 3.63) is 53.1 Å². The largest absolute Gasteiger partial charge is 0.337 e. The molecule has 1 aromatic carbocycles. The Labute approximate surface area is 119 Å². The van der Waals surface area contributed by atoms with E-state index in [1.165, 1.54) is 24.0 Å². The molecule has 1 heterocycles. The summed E-state index contributed by atoms with van der Waals surface area (Å²) in [6.07, 6.45) is 8.03. The van der Waals surface area contributed by atoms with Crippen LogP contribution in [0.4, 0.5) is 0 Å². The Kier molecular flexibility index (Phi) is 5.43. The van der Waals surface area contributed by atoms with E-state index in [1.807, 2.05) is 30.9 Å². The number of rotatable bonds is 7. The highest BCUT2D eigenvalue weighted by molar-refractivity contribution is 6.30. The molecule has 19 heavy (non-hydrogen) atoms. The summed E-state index contributed by atoms with van der Waals surface area (Å²) in [6.45, 7) is 5.09. The van der Waals surface area contributed by atoms with Gasteiger partial charge in [0.25, 0.3) is 0 Å². The van der Waals surface area contributed by atoms with Gasteiger partial charge in [0.1, 0.15) is 0 Å². The lowest BCUT2D eigenvalue weighted by atomic mass is 10.1. The summed E-state index contributed by atoms with van der Waals surface area (Å²) in [6, 6.07) is 6.05. The van der Waals surface area contributed by atoms with E-state index in [9.17, 15) is 0 Å². The second kappa shape index (κ2) is 7.31. The van der Waals surface area contributed by atoms with Crippen molar-refractivity contribution >= 4 is 11.6 Å². The fourth-order valence-corrected chi connectivity index (χ4v) is 2.27. The summed E-state index contributed by atoms with van der Waals surface area (Å²) >= 11 is 5.94. The highest BCUT2D eigenvalue weighted by Crippen LogP contribution is 2.14. The predicted molar refractivity (Wildman–Crippen MR) is 79.4 cm³/mol. The highest BCUT2D eigenvalue weighted by Gasteiger charge is 1.98. The summed E-state index contributed by atoms with van der Waals surface area (Å²) in [5.74, 6) is 0. The molecule has 3 nitrogen and oxygen atoms in total. The summed E-state index contributed by atoms with van der Waals surface area (Å²) < 4.78 is 2.11. The van der Waals surface area contributed by atoms with Gasteiger partial charge in [-0.2, -0.15) is 0 Å². The van der Waals surface area contributed by atoms with Gasteiger partial charge in [0, 0.05) is 30.5 Å². The minimum absolute atomic E-state index is 0.807. The van der Waals surface area contributed by atoms with Crippen LogP contribution >= 0.6 is 11.6 Å². The second-order valence-electron chi connectivity index (χ2n) is 4.76. The van der Waals surface area contributed by atoms with Crippen molar-refractivity contribution in [2.45, 2.75) is 32.9 Å². The van der Waals surface area contributed by atoms with E-state index in [0.29, 0.717) is 0 Å². The Morgan fingerprint density at radius 2 is 2.21 bits per heavy atom. The van der Waals surface area contributed by atoms with Crippen LogP contribution in [0.25, 0.3) is 0 Å². The third-order valence-electron chi connectivity index (χ3n) is 3.20. The Bertz CT molecular complexity index is 494. The maximum absolute atomic E-state index is 5.94. The maximum Gasteiger partial charge on any atom is 0.0945 e. The molecule has 0 atom stereocenters. The molecule has 2 rings (SSSR count). The van der Waals surface area contributed by atoms with Crippen LogP contribution in [-0.2, 0) is 13.1 Å². The quantitative estimate of drug-likeness (QED) is 0.786. The number of nitrogens with zero attached hydrogens (tertiary/aromatic N) is 2. The van der Waals surface area contributed by atoms with E-state index >= 15 is 0 Å². The van der Waals surface area contributed by atoms with Gasteiger partial charge in [0.05, 0.1) is 6.33 Å². The molecule has 0 amide bonds. The summed E-state index contributed by atoms with van der Waals surface area (Å²) in [4.78, 5) is 4.03. The minimum Gasteiger partial charge on any atom is -0.337 e. The number of halogens is 1. The Hall–Kier alpha value is -1.32. The van der Waals surface area contributed by atoms with Gasteiger partial charge in [-0.15, -0.1) is 0 Å². The van der Waals surface area contributed by atoms with Gasteiger partial charge in [-0.05, 0) is 49.6 Å². The molecule has 0 radical (unpaired) electrons. The van der Waals surface area contributed by atoms with Gasteiger partial charge in [-0.25, -0.2) is 4.98 Å². The third-order valence-corrected chi connectivity index (χ3v) is 3.43. The van der Waals surface area contributed by atoms with E-state index in [2.05, 4.69) is 27.9 Å². The second-order valence-corrected chi connectivity index (χ2v) is 5.19. The molecule has 0 saturated heterocycles. The number of aromatic nitrogens is 2. The Balaban J connectivity index is 1.61. The summed E-state index contributed by atoms with van der Waals surface area (Å²) in [7, 11) is 0. The number of hydrogen-bond acceptors (Lipinski definition) is 2. The standard InChI is InChI=1S/C15H20ClN3/c1-13-10-15(16)5-4-14(13)11-17-6-2-3-8-19-9-7-18-12-19/h4-5,7,9-10,12,17H,2-3,6,8,11H2,1H3. The zero-order valence-electron chi connectivity index (χ0n) is 11.3. The average molecular weight is 278 g/mol. The monoisotopic (exact) mass is 277 g/mol. The van der Waals surface area contributed by atoms with Crippen LogP contribution in [0.2, 0.25) is 5.02 Å². The lowest BCUT2D eigenvalue weighted by Crippen LogP contribution is -2.15. The van der Waals surface area contributed by atoms with E-state index < -0.39 is 0 Å². The van der Waals surface area contributed by atoms with Crippen LogP contribution in [-0.4, -0.2) is 16.1 Å². The number of unbranched alkanes of at least 4 members (excludes halogenated alkanes) is 1. The van der Waals surface area contributed by atoms with Gasteiger partial charge >= 0.3 is 0 Å². The van der Waals surface area contributed by atoms with Gasteiger partial charge in [-0.3, -0.25) is 0 Å². The number of imidazole rings is 1. The van der Waals surface area contributed by atoms with Crippen molar-refractivity contribution in [3.8, 4) is 0 Å². The van der Waals surface area contributed by atoms with Gasteiger partial charge < -0.3 is 9.88 Å². The van der Waals surface area contributed by atoms with Crippen molar-refractivity contribution in [1.82, 2.24) is 14.9 Å². The molecule has 0 aliphatic carbocycles. The van der Waals surface area contributed by atoms with Gasteiger partial charge in [0.2, 0.25) is 0 Å². The van der Waals surface area contributed by atoms with Crippen molar-refractivity contribution in [1.29, 1.82) is 0 Å². The van der Waals surface area contributed by atoms with Crippen molar-refractivity contribution in [2.24, 2.45) is 0 Å².